The fourth-order valence-corrected chi connectivity index (χ4v) is 3.04. The van der Waals surface area contributed by atoms with Crippen molar-refractivity contribution in [2.45, 2.75) is 52.2 Å². The number of aliphatic hydroxyl groups is 1. The van der Waals surface area contributed by atoms with Crippen LogP contribution in [-0.4, -0.2) is 41.8 Å². The molecule has 2 rings (SSSR count). The van der Waals surface area contributed by atoms with Gasteiger partial charge in [0.25, 0.3) is 0 Å². The summed E-state index contributed by atoms with van der Waals surface area (Å²) in [6, 6.07) is 4.41. The zero-order valence-electron chi connectivity index (χ0n) is 13.2. The first kappa shape index (κ1) is 16.6. The number of aryl methyl sites for hydroxylation is 2. The van der Waals surface area contributed by atoms with Crippen molar-refractivity contribution < 1.29 is 9.84 Å². The van der Waals surface area contributed by atoms with E-state index in [1.165, 1.54) is 19.3 Å². The number of likely N-dealkylation sites (tertiary alicyclic amines) is 1. The Balaban J connectivity index is 1.85. The maximum atomic E-state index is 10.2. The van der Waals surface area contributed by atoms with Crippen molar-refractivity contribution in [1.29, 1.82) is 0 Å². The van der Waals surface area contributed by atoms with E-state index in [0.29, 0.717) is 19.2 Å². The molecule has 0 spiro atoms. The van der Waals surface area contributed by atoms with Crippen molar-refractivity contribution >= 4 is 11.6 Å². The summed E-state index contributed by atoms with van der Waals surface area (Å²) in [5.41, 5.74) is 2.01. The summed E-state index contributed by atoms with van der Waals surface area (Å²) in [5, 5.41) is 11.0. The third-order valence-corrected chi connectivity index (χ3v) is 4.83. The van der Waals surface area contributed by atoms with Crippen molar-refractivity contribution in [2.24, 2.45) is 0 Å². The van der Waals surface area contributed by atoms with E-state index in [1.54, 1.807) is 0 Å². The van der Waals surface area contributed by atoms with Gasteiger partial charge in [-0.05, 0) is 63.4 Å². The Morgan fingerprint density at radius 3 is 2.62 bits per heavy atom. The number of rotatable bonds is 5. The Bertz CT molecular complexity index is 455. The molecule has 1 aromatic carbocycles. The van der Waals surface area contributed by atoms with Crippen LogP contribution in [0.15, 0.2) is 12.1 Å². The lowest BCUT2D eigenvalue weighted by atomic mass is 10.0. The molecule has 0 aliphatic carbocycles. The standard InChI is InChI=1S/C17H26ClNO2/c1-12-8-16(9-13(2)17(12)18)21-11-15(20)10-19-7-5-4-6-14(19)3/h8-9,14-15,20H,4-7,10-11H2,1-3H3/t14-,15+/m1/s1. The molecule has 118 valence electrons. The number of halogens is 1. The normalized spacial score (nSPS) is 21.3. The van der Waals surface area contributed by atoms with E-state index in [-0.39, 0.29) is 0 Å². The van der Waals surface area contributed by atoms with E-state index in [9.17, 15) is 5.11 Å². The molecule has 0 radical (unpaired) electrons. The second kappa shape index (κ2) is 7.48. The van der Waals surface area contributed by atoms with Crippen molar-refractivity contribution in [3.63, 3.8) is 0 Å². The van der Waals surface area contributed by atoms with Gasteiger partial charge in [-0.3, -0.25) is 4.90 Å². The number of piperidine rings is 1. The van der Waals surface area contributed by atoms with E-state index < -0.39 is 6.10 Å². The van der Waals surface area contributed by atoms with Gasteiger partial charge in [0.15, 0.2) is 0 Å². The van der Waals surface area contributed by atoms with E-state index in [4.69, 9.17) is 16.3 Å². The zero-order chi connectivity index (χ0) is 15.4. The highest BCUT2D eigenvalue weighted by atomic mass is 35.5. The molecule has 0 saturated carbocycles. The second-order valence-electron chi connectivity index (χ2n) is 6.18. The molecule has 4 heteroatoms. The molecule has 1 fully saturated rings. The van der Waals surface area contributed by atoms with Crippen LogP contribution >= 0.6 is 11.6 Å². The van der Waals surface area contributed by atoms with Gasteiger partial charge in [-0.25, -0.2) is 0 Å². The van der Waals surface area contributed by atoms with Crippen LogP contribution in [0.2, 0.25) is 5.02 Å². The Hall–Kier alpha value is -0.770. The minimum atomic E-state index is -0.457. The lowest BCUT2D eigenvalue weighted by Gasteiger charge is -2.34. The van der Waals surface area contributed by atoms with Crippen LogP contribution in [-0.2, 0) is 0 Å². The fourth-order valence-electron chi connectivity index (χ4n) is 2.93. The second-order valence-corrected chi connectivity index (χ2v) is 6.55. The topological polar surface area (TPSA) is 32.7 Å². The van der Waals surface area contributed by atoms with Crippen LogP contribution in [0.3, 0.4) is 0 Å². The summed E-state index contributed by atoms with van der Waals surface area (Å²) in [6.45, 7) is 8.26. The third-order valence-electron chi connectivity index (χ3n) is 4.24. The number of nitrogens with zero attached hydrogens (tertiary/aromatic N) is 1. The van der Waals surface area contributed by atoms with Crippen LogP contribution in [0, 0.1) is 13.8 Å². The van der Waals surface area contributed by atoms with Crippen LogP contribution in [0.4, 0.5) is 0 Å². The summed E-state index contributed by atoms with van der Waals surface area (Å²) in [5.74, 6) is 0.778. The molecule has 1 aliphatic heterocycles. The number of β-amino-alcohol motifs (C(OH)–C–C–N with tert-alkyl or cyclic N) is 1. The molecule has 1 saturated heterocycles. The predicted octanol–water partition coefficient (Wildman–Crippen LogP) is 3.57. The Kier molecular flexibility index (Phi) is 5.91. The summed E-state index contributed by atoms with van der Waals surface area (Å²) in [4.78, 5) is 2.36. The van der Waals surface area contributed by atoms with E-state index >= 15 is 0 Å². The Labute approximate surface area is 132 Å². The smallest absolute Gasteiger partial charge is 0.120 e. The third kappa shape index (κ3) is 4.60. The van der Waals surface area contributed by atoms with Gasteiger partial charge in [-0.1, -0.05) is 18.0 Å². The highest BCUT2D eigenvalue weighted by Crippen LogP contribution is 2.26. The van der Waals surface area contributed by atoms with Gasteiger partial charge in [0, 0.05) is 17.6 Å². The number of ether oxygens (including phenoxy) is 1. The van der Waals surface area contributed by atoms with E-state index in [0.717, 1.165) is 28.4 Å². The van der Waals surface area contributed by atoms with Gasteiger partial charge in [-0.15, -0.1) is 0 Å². The molecule has 1 aliphatic rings. The maximum absolute atomic E-state index is 10.2. The fraction of sp³-hybridized carbons (Fsp3) is 0.647. The Morgan fingerprint density at radius 1 is 1.33 bits per heavy atom. The first-order valence-corrected chi connectivity index (χ1v) is 8.17. The minimum Gasteiger partial charge on any atom is -0.491 e. The number of aliphatic hydroxyl groups excluding tert-OH is 1. The molecule has 1 N–H and O–H groups in total. The summed E-state index contributed by atoms with van der Waals surface area (Å²) < 4.78 is 5.73. The highest BCUT2D eigenvalue weighted by Gasteiger charge is 2.21. The van der Waals surface area contributed by atoms with Crippen molar-refractivity contribution in [3.8, 4) is 5.75 Å². The summed E-state index contributed by atoms with van der Waals surface area (Å²) in [7, 11) is 0. The van der Waals surface area contributed by atoms with E-state index in [2.05, 4.69) is 11.8 Å². The highest BCUT2D eigenvalue weighted by molar-refractivity contribution is 6.32. The summed E-state index contributed by atoms with van der Waals surface area (Å²) in [6.07, 6.45) is 3.30. The summed E-state index contributed by atoms with van der Waals surface area (Å²) >= 11 is 6.15. The van der Waals surface area contributed by atoms with Crippen molar-refractivity contribution in [3.05, 3.63) is 28.3 Å². The van der Waals surface area contributed by atoms with Crippen molar-refractivity contribution in [1.82, 2.24) is 4.90 Å². The molecular weight excluding hydrogens is 286 g/mol. The van der Waals surface area contributed by atoms with Gasteiger partial charge in [0.2, 0.25) is 0 Å². The van der Waals surface area contributed by atoms with Crippen LogP contribution in [0.5, 0.6) is 5.75 Å². The van der Waals surface area contributed by atoms with Gasteiger partial charge in [0.05, 0.1) is 0 Å². The van der Waals surface area contributed by atoms with Gasteiger partial charge < -0.3 is 9.84 Å². The Morgan fingerprint density at radius 2 is 2.00 bits per heavy atom. The lowest BCUT2D eigenvalue weighted by molar-refractivity contribution is 0.0437. The van der Waals surface area contributed by atoms with Crippen LogP contribution < -0.4 is 4.74 Å². The SMILES string of the molecule is Cc1cc(OC[C@@H](O)CN2CCCC[C@H]2C)cc(C)c1Cl. The maximum Gasteiger partial charge on any atom is 0.120 e. The van der Waals surface area contributed by atoms with Gasteiger partial charge >= 0.3 is 0 Å². The molecule has 2 atom stereocenters. The average Bonchev–Trinajstić information content (AvgIpc) is 2.45. The number of hydrogen-bond acceptors (Lipinski definition) is 3. The molecule has 0 aromatic heterocycles. The van der Waals surface area contributed by atoms with Gasteiger partial charge in [0.1, 0.15) is 18.5 Å². The predicted molar refractivity (Wildman–Crippen MR) is 87.3 cm³/mol. The first-order valence-electron chi connectivity index (χ1n) is 7.79. The monoisotopic (exact) mass is 311 g/mol. The molecule has 3 nitrogen and oxygen atoms in total. The zero-order valence-corrected chi connectivity index (χ0v) is 14.0. The molecule has 0 bridgehead atoms. The molecule has 0 amide bonds. The number of benzene rings is 1. The molecule has 0 unspecified atom stereocenters. The molecule has 21 heavy (non-hydrogen) atoms. The van der Waals surface area contributed by atoms with Crippen LogP contribution in [0.25, 0.3) is 0 Å². The van der Waals surface area contributed by atoms with E-state index in [1.807, 2.05) is 26.0 Å². The van der Waals surface area contributed by atoms with Crippen molar-refractivity contribution in [2.75, 3.05) is 19.7 Å². The first-order chi connectivity index (χ1) is 9.97. The largest absolute Gasteiger partial charge is 0.491 e. The molecule has 1 heterocycles. The molecule has 1 aromatic rings. The number of hydrogen-bond donors (Lipinski definition) is 1. The molecular formula is C17H26ClNO2. The average molecular weight is 312 g/mol. The quantitative estimate of drug-likeness (QED) is 0.902. The lowest BCUT2D eigenvalue weighted by Crippen LogP contribution is -2.43. The van der Waals surface area contributed by atoms with Gasteiger partial charge in [-0.2, -0.15) is 0 Å². The minimum absolute atomic E-state index is 0.323. The van der Waals surface area contributed by atoms with Crippen LogP contribution in [0.1, 0.15) is 37.3 Å².